The predicted octanol–water partition coefficient (Wildman–Crippen LogP) is 2.20. The van der Waals surface area contributed by atoms with Gasteiger partial charge in [-0.3, -0.25) is 0 Å². The number of nitrogens with zero attached hydrogens (tertiary/aromatic N) is 3. The van der Waals surface area contributed by atoms with Crippen molar-refractivity contribution in [2.75, 3.05) is 32.1 Å². The third-order valence-corrected chi connectivity index (χ3v) is 4.13. The van der Waals surface area contributed by atoms with Crippen LogP contribution in [0.3, 0.4) is 0 Å². The normalized spacial score (nSPS) is 18.5. The molecule has 0 bridgehead atoms. The lowest BCUT2D eigenvalue weighted by Gasteiger charge is -2.23. The number of benzene rings is 1. The van der Waals surface area contributed by atoms with Crippen molar-refractivity contribution >= 4 is 5.69 Å². The van der Waals surface area contributed by atoms with Gasteiger partial charge in [-0.05, 0) is 38.2 Å². The summed E-state index contributed by atoms with van der Waals surface area (Å²) in [6, 6.07) is 9.66. The maximum Gasteiger partial charge on any atom is 0.101 e. The van der Waals surface area contributed by atoms with Crippen LogP contribution >= 0.6 is 0 Å². The topological polar surface area (TPSA) is 42.3 Å². The molecular weight excluding hydrogens is 260 g/mol. The molecule has 1 unspecified atom stereocenters. The molecule has 4 nitrogen and oxygen atoms in total. The largest absolute Gasteiger partial charge is 0.369 e. The first-order valence-corrected chi connectivity index (χ1v) is 7.69. The van der Waals surface area contributed by atoms with Crippen molar-refractivity contribution in [1.29, 1.82) is 5.26 Å². The smallest absolute Gasteiger partial charge is 0.101 e. The van der Waals surface area contributed by atoms with Gasteiger partial charge in [0.25, 0.3) is 0 Å². The van der Waals surface area contributed by atoms with E-state index in [0.29, 0.717) is 12.1 Å². The zero-order valence-corrected chi connectivity index (χ0v) is 13.6. The highest BCUT2D eigenvalue weighted by Gasteiger charge is 2.25. The highest BCUT2D eigenvalue weighted by molar-refractivity contribution is 5.61. The van der Waals surface area contributed by atoms with Gasteiger partial charge in [-0.25, -0.2) is 0 Å². The Labute approximate surface area is 128 Å². The van der Waals surface area contributed by atoms with Crippen molar-refractivity contribution in [2.24, 2.45) is 0 Å². The molecule has 0 spiro atoms. The second kappa shape index (κ2) is 6.93. The highest BCUT2D eigenvalue weighted by Crippen LogP contribution is 2.26. The molecule has 0 radical (unpaired) electrons. The van der Waals surface area contributed by atoms with Gasteiger partial charge in [-0.15, -0.1) is 0 Å². The first-order chi connectivity index (χ1) is 10.0. The van der Waals surface area contributed by atoms with Crippen LogP contribution in [0, 0.1) is 11.3 Å². The second-order valence-electron chi connectivity index (χ2n) is 6.35. The lowest BCUT2D eigenvalue weighted by molar-refractivity contribution is 0.315. The van der Waals surface area contributed by atoms with E-state index in [1.165, 1.54) is 5.56 Å². The first-order valence-electron chi connectivity index (χ1n) is 7.69. The van der Waals surface area contributed by atoms with Crippen LogP contribution in [0.25, 0.3) is 0 Å². The third-order valence-electron chi connectivity index (χ3n) is 4.13. The number of hydrogen-bond donors (Lipinski definition) is 1. The summed E-state index contributed by atoms with van der Waals surface area (Å²) >= 11 is 0. The molecule has 1 N–H and O–H groups in total. The molecule has 1 aromatic carbocycles. The molecule has 1 atom stereocenters. The van der Waals surface area contributed by atoms with Crippen molar-refractivity contribution in [3.05, 3.63) is 29.3 Å². The van der Waals surface area contributed by atoms with Crippen LogP contribution in [0.1, 0.15) is 31.4 Å². The number of nitriles is 1. The Kier molecular flexibility index (Phi) is 5.22. The van der Waals surface area contributed by atoms with Gasteiger partial charge in [0.05, 0.1) is 11.3 Å². The Hall–Kier alpha value is -1.57. The van der Waals surface area contributed by atoms with Crippen molar-refractivity contribution in [3.8, 4) is 6.07 Å². The van der Waals surface area contributed by atoms with Gasteiger partial charge >= 0.3 is 0 Å². The van der Waals surface area contributed by atoms with Crippen LogP contribution in [0.4, 0.5) is 5.69 Å². The van der Waals surface area contributed by atoms with E-state index in [1.807, 2.05) is 6.07 Å². The van der Waals surface area contributed by atoms with Crippen LogP contribution in [0.5, 0.6) is 0 Å². The predicted molar refractivity (Wildman–Crippen MR) is 87.4 cm³/mol. The van der Waals surface area contributed by atoms with Crippen LogP contribution in [-0.4, -0.2) is 44.2 Å². The maximum absolute atomic E-state index is 9.45. The van der Waals surface area contributed by atoms with Crippen LogP contribution in [0.15, 0.2) is 18.2 Å². The third kappa shape index (κ3) is 3.96. The quantitative estimate of drug-likeness (QED) is 0.901. The SMILES string of the molecule is CC(C)NCc1ccc(N2CCC(N(C)C)C2)c(C#N)c1. The van der Waals surface area contributed by atoms with Gasteiger partial charge in [-0.2, -0.15) is 5.26 Å². The summed E-state index contributed by atoms with van der Waals surface area (Å²) in [4.78, 5) is 4.61. The van der Waals surface area contributed by atoms with Gasteiger partial charge in [0.15, 0.2) is 0 Å². The molecule has 0 aliphatic carbocycles. The van der Waals surface area contributed by atoms with E-state index in [0.717, 1.165) is 37.3 Å². The number of anilines is 1. The second-order valence-corrected chi connectivity index (χ2v) is 6.35. The average Bonchev–Trinajstić information content (AvgIpc) is 2.94. The fourth-order valence-electron chi connectivity index (χ4n) is 2.76. The Balaban J connectivity index is 2.12. The Morgan fingerprint density at radius 3 is 2.76 bits per heavy atom. The van der Waals surface area contributed by atoms with Crippen molar-refractivity contribution in [1.82, 2.24) is 10.2 Å². The summed E-state index contributed by atoms with van der Waals surface area (Å²) < 4.78 is 0. The Morgan fingerprint density at radius 1 is 1.43 bits per heavy atom. The molecule has 1 aromatic rings. The number of rotatable bonds is 5. The summed E-state index contributed by atoms with van der Waals surface area (Å²) in [5, 5.41) is 12.8. The van der Waals surface area contributed by atoms with E-state index >= 15 is 0 Å². The van der Waals surface area contributed by atoms with E-state index in [1.54, 1.807) is 0 Å². The van der Waals surface area contributed by atoms with Gasteiger partial charge in [0.2, 0.25) is 0 Å². The first kappa shape index (κ1) is 15.8. The lowest BCUT2D eigenvalue weighted by Crippen LogP contribution is -2.31. The minimum atomic E-state index is 0.453. The van der Waals surface area contributed by atoms with Crippen LogP contribution < -0.4 is 10.2 Å². The van der Waals surface area contributed by atoms with E-state index in [9.17, 15) is 5.26 Å². The van der Waals surface area contributed by atoms with Crippen molar-refractivity contribution < 1.29 is 0 Å². The van der Waals surface area contributed by atoms with Gasteiger partial charge in [0, 0.05) is 31.7 Å². The number of hydrogen-bond acceptors (Lipinski definition) is 4. The minimum absolute atomic E-state index is 0.453. The van der Waals surface area contributed by atoms with Crippen molar-refractivity contribution in [3.63, 3.8) is 0 Å². The van der Waals surface area contributed by atoms with Gasteiger partial charge < -0.3 is 15.1 Å². The maximum atomic E-state index is 9.45. The molecule has 1 heterocycles. The molecule has 1 saturated heterocycles. The Morgan fingerprint density at radius 2 is 2.19 bits per heavy atom. The molecule has 4 heteroatoms. The molecule has 1 aliphatic rings. The zero-order valence-electron chi connectivity index (χ0n) is 13.6. The number of nitrogens with one attached hydrogen (secondary N) is 1. The lowest BCUT2D eigenvalue weighted by atomic mass is 10.1. The summed E-state index contributed by atoms with van der Waals surface area (Å²) in [7, 11) is 4.25. The molecular formula is C17H26N4. The summed E-state index contributed by atoms with van der Waals surface area (Å²) in [6.07, 6.45) is 1.16. The van der Waals surface area contributed by atoms with Crippen molar-refractivity contribution in [2.45, 2.75) is 38.9 Å². The summed E-state index contributed by atoms with van der Waals surface area (Å²) in [5.74, 6) is 0. The Bertz CT molecular complexity index is 516. The summed E-state index contributed by atoms with van der Waals surface area (Å²) in [5.41, 5.74) is 3.04. The summed E-state index contributed by atoms with van der Waals surface area (Å²) in [6.45, 7) is 7.11. The number of likely N-dealkylation sites (N-methyl/N-ethyl adjacent to an activating group) is 1. The molecule has 0 aromatic heterocycles. The fraction of sp³-hybridized carbons (Fsp3) is 0.588. The standard InChI is InChI=1S/C17H26N4/c1-13(2)19-11-14-5-6-17(15(9-14)10-18)21-8-7-16(12-21)20(3)4/h5-6,9,13,16,19H,7-8,11-12H2,1-4H3. The van der Waals surface area contributed by atoms with Gasteiger partial charge in [0.1, 0.15) is 6.07 Å². The van der Waals surface area contributed by atoms with Crippen LogP contribution in [0.2, 0.25) is 0 Å². The molecule has 0 saturated carbocycles. The minimum Gasteiger partial charge on any atom is -0.369 e. The van der Waals surface area contributed by atoms with E-state index in [4.69, 9.17) is 0 Å². The van der Waals surface area contributed by atoms with Gasteiger partial charge in [-0.1, -0.05) is 19.9 Å². The fourth-order valence-corrected chi connectivity index (χ4v) is 2.76. The molecule has 1 fully saturated rings. The van der Waals surface area contributed by atoms with E-state index in [2.05, 4.69) is 61.3 Å². The zero-order chi connectivity index (χ0) is 15.4. The molecule has 1 aliphatic heterocycles. The molecule has 21 heavy (non-hydrogen) atoms. The van der Waals surface area contributed by atoms with E-state index < -0.39 is 0 Å². The highest BCUT2D eigenvalue weighted by atomic mass is 15.2. The van der Waals surface area contributed by atoms with Crippen LogP contribution in [-0.2, 0) is 6.54 Å². The average molecular weight is 286 g/mol. The molecule has 2 rings (SSSR count). The molecule has 0 amide bonds. The monoisotopic (exact) mass is 286 g/mol. The van der Waals surface area contributed by atoms with E-state index in [-0.39, 0.29) is 0 Å². The molecule has 114 valence electrons.